The fourth-order valence-electron chi connectivity index (χ4n) is 4.92. The number of rotatable bonds is 6. The van der Waals surface area contributed by atoms with E-state index in [1.165, 1.54) is 16.9 Å². The van der Waals surface area contributed by atoms with Gasteiger partial charge in [-0.15, -0.1) is 11.3 Å². The fraction of sp³-hybridized carbons (Fsp3) is 0.480. The number of ether oxygens (including phenoxy) is 1. The van der Waals surface area contributed by atoms with Gasteiger partial charge >= 0.3 is 0 Å². The highest BCUT2D eigenvalue weighted by Crippen LogP contribution is 2.34. The molecule has 33 heavy (non-hydrogen) atoms. The number of amides is 1. The first-order valence-electron chi connectivity index (χ1n) is 11.8. The van der Waals surface area contributed by atoms with Crippen LogP contribution in [-0.2, 0) is 24.1 Å². The number of aryl methyl sites for hydroxylation is 3. The van der Waals surface area contributed by atoms with E-state index >= 15 is 0 Å². The summed E-state index contributed by atoms with van der Waals surface area (Å²) in [6.45, 7) is 4.29. The second-order valence-corrected chi connectivity index (χ2v) is 10.0. The van der Waals surface area contributed by atoms with E-state index in [2.05, 4.69) is 22.9 Å². The van der Waals surface area contributed by atoms with Crippen LogP contribution in [0, 0.1) is 0 Å². The van der Waals surface area contributed by atoms with Crippen LogP contribution >= 0.6 is 11.3 Å². The first-order valence-corrected chi connectivity index (χ1v) is 12.6. The summed E-state index contributed by atoms with van der Waals surface area (Å²) in [5.41, 5.74) is 2.22. The lowest BCUT2D eigenvalue weighted by Crippen LogP contribution is -2.46. The SMILES string of the molecule is CCN1C[C@@H](CN(C)C(=O)CCc2nc3sc4c(c3c(=O)[nH]2)CCCC4)Oc2ccccc21. The molecule has 0 bridgehead atoms. The van der Waals surface area contributed by atoms with E-state index in [4.69, 9.17) is 9.72 Å². The lowest BCUT2D eigenvalue weighted by molar-refractivity contribution is -0.130. The van der Waals surface area contributed by atoms with Gasteiger partial charge in [0, 0.05) is 31.3 Å². The van der Waals surface area contributed by atoms with Crippen molar-refractivity contribution >= 4 is 33.1 Å². The molecule has 5 rings (SSSR count). The quantitative estimate of drug-likeness (QED) is 0.601. The molecule has 2 aromatic heterocycles. The normalized spacial score (nSPS) is 17.4. The van der Waals surface area contributed by atoms with E-state index in [-0.39, 0.29) is 17.6 Å². The van der Waals surface area contributed by atoms with Gasteiger partial charge in [0.1, 0.15) is 22.5 Å². The fourth-order valence-corrected chi connectivity index (χ4v) is 6.20. The van der Waals surface area contributed by atoms with Gasteiger partial charge < -0.3 is 19.5 Å². The zero-order valence-electron chi connectivity index (χ0n) is 19.2. The van der Waals surface area contributed by atoms with Crippen LogP contribution in [0.5, 0.6) is 5.75 Å². The molecule has 1 aliphatic heterocycles. The average molecular weight is 467 g/mol. The van der Waals surface area contributed by atoms with Crippen molar-refractivity contribution in [2.24, 2.45) is 0 Å². The Bertz CT molecular complexity index is 1230. The van der Waals surface area contributed by atoms with Gasteiger partial charge in [-0.25, -0.2) is 4.98 Å². The summed E-state index contributed by atoms with van der Waals surface area (Å²) >= 11 is 1.64. The minimum Gasteiger partial charge on any atom is -0.485 e. The standard InChI is InChI=1S/C25H30N4O3S/c1-3-29-15-16(32-19-10-6-5-9-18(19)29)14-28(2)22(30)13-12-21-26-24(31)23-17-8-4-7-11-20(17)33-25(23)27-21/h5-6,9-10,16H,3-4,7-8,11-15H2,1-2H3,(H,26,27,31)/t16-/m1/s1. The number of nitrogens with one attached hydrogen (secondary N) is 1. The van der Waals surface area contributed by atoms with Crippen LogP contribution in [-0.4, -0.2) is 53.6 Å². The third kappa shape index (κ3) is 4.36. The molecule has 8 heteroatoms. The number of para-hydroxylation sites is 2. The summed E-state index contributed by atoms with van der Waals surface area (Å²) in [5, 5.41) is 0.761. The first-order chi connectivity index (χ1) is 16.0. The monoisotopic (exact) mass is 466 g/mol. The number of anilines is 1. The maximum Gasteiger partial charge on any atom is 0.259 e. The van der Waals surface area contributed by atoms with Crippen molar-refractivity contribution in [2.75, 3.05) is 31.6 Å². The summed E-state index contributed by atoms with van der Waals surface area (Å²) in [6.07, 6.45) is 4.96. The molecule has 7 nitrogen and oxygen atoms in total. The number of H-pyrrole nitrogens is 1. The number of carbonyl (C=O) groups excluding carboxylic acids is 1. The highest BCUT2D eigenvalue weighted by atomic mass is 32.1. The molecule has 174 valence electrons. The van der Waals surface area contributed by atoms with E-state index in [0.29, 0.717) is 25.2 Å². The number of hydrogen-bond donors (Lipinski definition) is 1. The van der Waals surface area contributed by atoms with Crippen molar-refractivity contribution in [3.05, 3.63) is 50.9 Å². The Morgan fingerprint density at radius 1 is 1.30 bits per heavy atom. The van der Waals surface area contributed by atoms with Crippen molar-refractivity contribution in [2.45, 2.75) is 51.6 Å². The third-order valence-corrected chi connectivity index (χ3v) is 7.84. The number of aromatic amines is 1. The Kier molecular flexibility index (Phi) is 6.10. The maximum atomic E-state index is 12.8. The minimum absolute atomic E-state index is 0.0220. The van der Waals surface area contributed by atoms with Crippen molar-refractivity contribution < 1.29 is 9.53 Å². The van der Waals surface area contributed by atoms with Gasteiger partial charge in [-0.2, -0.15) is 0 Å². The number of hydrogen-bond acceptors (Lipinski definition) is 6. The van der Waals surface area contributed by atoms with Crippen LogP contribution in [0.4, 0.5) is 5.69 Å². The molecule has 1 atom stereocenters. The smallest absolute Gasteiger partial charge is 0.259 e. The molecule has 0 saturated heterocycles. The van der Waals surface area contributed by atoms with E-state index in [1.54, 1.807) is 16.2 Å². The summed E-state index contributed by atoms with van der Waals surface area (Å²) in [4.78, 5) is 39.3. The molecular weight excluding hydrogens is 436 g/mol. The zero-order chi connectivity index (χ0) is 22.9. The number of fused-ring (bicyclic) bond motifs is 4. The van der Waals surface area contributed by atoms with Crippen LogP contribution in [0.25, 0.3) is 10.2 Å². The Morgan fingerprint density at radius 3 is 2.97 bits per heavy atom. The summed E-state index contributed by atoms with van der Waals surface area (Å²) in [7, 11) is 1.81. The number of carbonyl (C=O) groups is 1. The van der Waals surface area contributed by atoms with E-state index in [0.717, 1.165) is 54.0 Å². The highest BCUT2D eigenvalue weighted by molar-refractivity contribution is 7.18. The largest absolute Gasteiger partial charge is 0.485 e. The van der Waals surface area contributed by atoms with E-state index < -0.39 is 0 Å². The van der Waals surface area contributed by atoms with Gasteiger partial charge in [0.25, 0.3) is 5.56 Å². The van der Waals surface area contributed by atoms with Gasteiger partial charge in [-0.3, -0.25) is 9.59 Å². The van der Waals surface area contributed by atoms with Gasteiger partial charge in [-0.1, -0.05) is 12.1 Å². The number of aromatic nitrogens is 2. The molecule has 1 aliphatic carbocycles. The molecule has 0 unspecified atom stereocenters. The second-order valence-electron chi connectivity index (χ2n) is 8.92. The average Bonchev–Trinajstić information content (AvgIpc) is 3.20. The van der Waals surface area contributed by atoms with Gasteiger partial charge in [0.2, 0.25) is 5.91 Å². The first kappa shape index (κ1) is 21.9. The van der Waals surface area contributed by atoms with E-state index in [9.17, 15) is 9.59 Å². The lowest BCUT2D eigenvalue weighted by atomic mass is 9.97. The van der Waals surface area contributed by atoms with Crippen molar-refractivity contribution in [1.82, 2.24) is 14.9 Å². The summed E-state index contributed by atoms with van der Waals surface area (Å²) < 4.78 is 6.16. The van der Waals surface area contributed by atoms with Crippen molar-refractivity contribution in [3.63, 3.8) is 0 Å². The molecule has 1 aromatic carbocycles. The molecule has 0 saturated carbocycles. The van der Waals surface area contributed by atoms with Crippen LogP contribution in [0.15, 0.2) is 29.1 Å². The lowest BCUT2D eigenvalue weighted by Gasteiger charge is -2.37. The molecule has 3 aromatic rings. The second kappa shape index (κ2) is 9.17. The maximum absolute atomic E-state index is 12.8. The van der Waals surface area contributed by atoms with Crippen LogP contribution in [0.2, 0.25) is 0 Å². The Morgan fingerprint density at radius 2 is 2.12 bits per heavy atom. The predicted octanol–water partition coefficient (Wildman–Crippen LogP) is 3.54. The summed E-state index contributed by atoms with van der Waals surface area (Å²) in [5.74, 6) is 1.48. The molecule has 2 aliphatic rings. The Balaban J connectivity index is 1.22. The van der Waals surface area contributed by atoms with Crippen molar-refractivity contribution in [1.29, 1.82) is 0 Å². The molecule has 0 spiro atoms. The molecule has 0 radical (unpaired) electrons. The number of likely N-dealkylation sites (N-methyl/N-ethyl adjacent to an activating group) is 2. The topological polar surface area (TPSA) is 78.5 Å². The van der Waals surface area contributed by atoms with Crippen LogP contribution in [0.3, 0.4) is 0 Å². The molecule has 1 amide bonds. The van der Waals surface area contributed by atoms with Crippen LogP contribution in [0.1, 0.15) is 42.5 Å². The van der Waals surface area contributed by atoms with Gasteiger partial charge in [-0.05, 0) is 50.3 Å². The molecule has 0 fully saturated rings. The van der Waals surface area contributed by atoms with Crippen molar-refractivity contribution in [3.8, 4) is 5.75 Å². The Labute approximate surface area is 197 Å². The molecule has 3 heterocycles. The van der Waals surface area contributed by atoms with Gasteiger partial charge in [0.15, 0.2) is 0 Å². The summed E-state index contributed by atoms with van der Waals surface area (Å²) in [6, 6.07) is 8.03. The highest BCUT2D eigenvalue weighted by Gasteiger charge is 2.27. The predicted molar refractivity (Wildman–Crippen MR) is 132 cm³/mol. The van der Waals surface area contributed by atoms with Gasteiger partial charge in [0.05, 0.1) is 24.2 Å². The minimum atomic E-state index is -0.0829. The third-order valence-electron chi connectivity index (χ3n) is 6.66. The number of benzene rings is 1. The van der Waals surface area contributed by atoms with Crippen LogP contribution < -0.4 is 15.2 Å². The molecule has 1 N–H and O–H groups in total. The Hall–Kier alpha value is -2.87. The number of nitrogens with zero attached hydrogens (tertiary/aromatic N) is 3. The molecular formula is C25H30N4O3S. The zero-order valence-corrected chi connectivity index (χ0v) is 20.0. The number of thiophene rings is 1. The van der Waals surface area contributed by atoms with E-state index in [1.807, 2.05) is 25.2 Å².